The van der Waals surface area contributed by atoms with Gasteiger partial charge in [0.25, 0.3) is 0 Å². The van der Waals surface area contributed by atoms with Crippen LogP contribution in [0.1, 0.15) is 45.4 Å². The van der Waals surface area contributed by atoms with Crippen molar-refractivity contribution in [1.29, 1.82) is 0 Å². The van der Waals surface area contributed by atoms with Crippen molar-refractivity contribution in [2.75, 3.05) is 20.8 Å². The Balaban J connectivity index is 2.29. The molecule has 2 nitrogen and oxygen atoms in total. The third kappa shape index (κ3) is 4.52. The number of rotatable bonds is 6. The number of ether oxygens (including phenoxy) is 1. The molecule has 1 saturated carbocycles. The van der Waals surface area contributed by atoms with Gasteiger partial charge in [0.05, 0.1) is 0 Å². The van der Waals surface area contributed by atoms with Crippen LogP contribution in [0.4, 0.5) is 0 Å². The maximum Gasteiger partial charge on any atom is 0.0462 e. The van der Waals surface area contributed by atoms with Gasteiger partial charge in [-0.15, -0.1) is 0 Å². The first-order valence-corrected chi connectivity index (χ1v) is 6.44. The highest BCUT2D eigenvalue weighted by Gasteiger charge is 2.25. The Labute approximate surface area is 94.8 Å². The van der Waals surface area contributed by atoms with E-state index in [0.29, 0.717) is 6.04 Å². The molecule has 1 aliphatic rings. The molecule has 1 rings (SSSR count). The van der Waals surface area contributed by atoms with E-state index in [9.17, 15) is 0 Å². The lowest BCUT2D eigenvalue weighted by molar-refractivity contribution is 0.172. The zero-order valence-corrected chi connectivity index (χ0v) is 10.6. The topological polar surface area (TPSA) is 21.3 Å². The predicted octanol–water partition coefficient (Wildman–Crippen LogP) is 2.83. The summed E-state index contributed by atoms with van der Waals surface area (Å²) < 4.78 is 5.12. The Kier molecular flexibility index (Phi) is 6.26. The van der Waals surface area contributed by atoms with E-state index in [1.165, 1.54) is 38.5 Å². The molecule has 2 heteroatoms. The van der Waals surface area contributed by atoms with Gasteiger partial charge in [0.15, 0.2) is 0 Å². The summed E-state index contributed by atoms with van der Waals surface area (Å²) in [6.45, 7) is 3.30. The van der Waals surface area contributed by atoms with Gasteiger partial charge >= 0.3 is 0 Å². The van der Waals surface area contributed by atoms with Crippen molar-refractivity contribution in [3.8, 4) is 0 Å². The molecule has 0 aromatic carbocycles. The van der Waals surface area contributed by atoms with E-state index in [0.717, 1.165) is 18.4 Å². The second-order valence-corrected chi connectivity index (χ2v) is 5.06. The van der Waals surface area contributed by atoms with Crippen molar-refractivity contribution in [3.63, 3.8) is 0 Å². The second-order valence-electron chi connectivity index (χ2n) is 5.06. The van der Waals surface area contributed by atoms with Gasteiger partial charge < -0.3 is 10.1 Å². The lowest BCUT2D eigenvalue weighted by Crippen LogP contribution is -2.36. The molecule has 15 heavy (non-hydrogen) atoms. The molecule has 0 aromatic heterocycles. The molecule has 90 valence electrons. The van der Waals surface area contributed by atoms with Crippen LogP contribution in [-0.4, -0.2) is 26.8 Å². The van der Waals surface area contributed by atoms with Crippen LogP contribution in [0.2, 0.25) is 0 Å². The van der Waals surface area contributed by atoms with Crippen LogP contribution in [-0.2, 0) is 4.74 Å². The smallest absolute Gasteiger partial charge is 0.0462 e. The van der Waals surface area contributed by atoms with Crippen LogP contribution in [0.25, 0.3) is 0 Å². The van der Waals surface area contributed by atoms with Gasteiger partial charge in [-0.1, -0.05) is 19.8 Å². The van der Waals surface area contributed by atoms with Gasteiger partial charge in [-0.3, -0.25) is 0 Å². The maximum absolute atomic E-state index is 5.12. The molecule has 0 spiro atoms. The van der Waals surface area contributed by atoms with Crippen molar-refractivity contribution in [2.45, 2.75) is 51.5 Å². The summed E-state index contributed by atoms with van der Waals surface area (Å²) in [6.07, 6.45) is 8.15. The van der Waals surface area contributed by atoms with Crippen LogP contribution in [0.5, 0.6) is 0 Å². The fourth-order valence-electron chi connectivity index (χ4n) is 2.91. The molecule has 0 amide bonds. The Morgan fingerprint density at radius 3 is 2.80 bits per heavy atom. The van der Waals surface area contributed by atoms with E-state index in [2.05, 4.69) is 19.3 Å². The zero-order valence-electron chi connectivity index (χ0n) is 10.6. The molecule has 0 saturated heterocycles. The lowest BCUT2D eigenvalue weighted by Gasteiger charge is -2.33. The highest BCUT2D eigenvalue weighted by molar-refractivity contribution is 4.80. The molecule has 1 aliphatic carbocycles. The Bertz CT molecular complexity index is 161. The van der Waals surface area contributed by atoms with Crippen molar-refractivity contribution in [2.24, 2.45) is 11.8 Å². The Morgan fingerprint density at radius 1 is 1.40 bits per heavy atom. The van der Waals surface area contributed by atoms with Crippen molar-refractivity contribution >= 4 is 0 Å². The second kappa shape index (κ2) is 7.24. The summed E-state index contributed by atoms with van der Waals surface area (Å²) in [5, 5.41) is 3.50. The van der Waals surface area contributed by atoms with Gasteiger partial charge in [-0.2, -0.15) is 0 Å². The molecule has 0 aliphatic heterocycles. The standard InChI is InChI=1S/C13H27NO/c1-11-6-4-7-12(10-11)13(14-2)8-5-9-15-3/h11-14H,4-10H2,1-3H3. The Hall–Kier alpha value is -0.0800. The quantitative estimate of drug-likeness (QED) is 0.685. The van der Waals surface area contributed by atoms with Gasteiger partial charge in [0.1, 0.15) is 0 Å². The molecular formula is C13H27NO. The summed E-state index contributed by atoms with van der Waals surface area (Å²) in [5.41, 5.74) is 0. The summed E-state index contributed by atoms with van der Waals surface area (Å²) in [5.74, 6) is 1.83. The molecular weight excluding hydrogens is 186 g/mol. The van der Waals surface area contributed by atoms with Gasteiger partial charge in [-0.05, 0) is 44.6 Å². The molecule has 0 radical (unpaired) electrons. The number of nitrogens with one attached hydrogen (secondary N) is 1. The molecule has 3 unspecified atom stereocenters. The minimum Gasteiger partial charge on any atom is -0.385 e. The monoisotopic (exact) mass is 213 g/mol. The van der Waals surface area contributed by atoms with E-state index in [-0.39, 0.29) is 0 Å². The van der Waals surface area contributed by atoms with Gasteiger partial charge in [0.2, 0.25) is 0 Å². The lowest BCUT2D eigenvalue weighted by atomic mass is 9.77. The number of hydrogen-bond acceptors (Lipinski definition) is 2. The number of methoxy groups -OCH3 is 1. The van der Waals surface area contributed by atoms with Crippen LogP contribution in [0.15, 0.2) is 0 Å². The minimum absolute atomic E-state index is 0.711. The first-order valence-electron chi connectivity index (χ1n) is 6.44. The number of hydrogen-bond donors (Lipinski definition) is 1. The average molecular weight is 213 g/mol. The first kappa shape index (κ1) is 13.0. The van der Waals surface area contributed by atoms with E-state index < -0.39 is 0 Å². The third-order valence-electron chi connectivity index (χ3n) is 3.78. The molecule has 3 atom stereocenters. The third-order valence-corrected chi connectivity index (χ3v) is 3.78. The summed E-state index contributed by atoms with van der Waals surface area (Å²) in [4.78, 5) is 0. The van der Waals surface area contributed by atoms with E-state index in [1.54, 1.807) is 7.11 Å². The molecule has 0 aromatic rings. The average Bonchev–Trinajstić information content (AvgIpc) is 2.24. The molecule has 1 fully saturated rings. The SMILES string of the molecule is CNC(CCCOC)C1CCCC(C)C1. The Morgan fingerprint density at radius 2 is 2.20 bits per heavy atom. The normalized spacial score (nSPS) is 29.0. The van der Waals surface area contributed by atoms with Crippen LogP contribution in [0.3, 0.4) is 0 Å². The zero-order chi connectivity index (χ0) is 11.1. The highest BCUT2D eigenvalue weighted by atomic mass is 16.5. The molecule has 0 heterocycles. The maximum atomic E-state index is 5.12. The largest absolute Gasteiger partial charge is 0.385 e. The highest BCUT2D eigenvalue weighted by Crippen LogP contribution is 2.31. The fourth-order valence-corrected chi connectivity index (χ4v) is 2.91. The van der Waals surface area contributed by atoms with Crippen LogP contribution < -0.4 is 5.32 Å². The van der Waals surface area contributed by atoms with Gasteiger partial charge in [0, 0.05) is 19.8 Å². The fraction of sp³-hybridized carbons (Fsp3) is 1.00. The predicted molar refractivity (Wildman–Crippen MR) is 65.1 cm³/mol. The molecule has 0 bridgehead atoms. The van der Waals surface area contributed by atoms with Gasteiger partial charge in [-0.25, -0.2) is 0 Å². The first-order chi connectivity index (χ1) is 7.27. The summed E-state index contributed by atoms with van der Waals surface area (Å²) in [7, 11) is 3.90. The van der Waals surface area contributed by atoms with E-state index >= 15 is 0 Å². The van der Waals surface area contributed by atoms with E-state index in [1.807, 2.05) is 0 Å². The summed E-state index contributed by atoms with van der Waals surface area (Å²) in [6, 6.07) is 0.711. The molecule has 1 N–H and O–H groups in total. The van der Waals surface area contributed by atoms with Crippen LogP contribution in [0, 0.1) is 11.8 Å². The van der Waals surface area contributed by atoms with Crippen molar-refractivity contribution < 1.29 is 4.74 Å². The van der Waals surface area contributed by atoms with Crippen molar-refractivity contribution in [1.82, 2.24) is 5.32 Å². The minimum atomic E-state index is 0.711. The van der Waals surface area contributed by atoms with Crippen LogP contribution >= 0.6 is 0 Å². The summed E-state index contributed by atoms with van der Waals surface area (Å²) >= 11 is 0. The van der Waals surface area contributed by atoms with E-state index in [4.69, 9.17) is 4.74 Å². The van der Waals surface area contributed by atoms with Crippen molar-refractivity contribution in [3.05, 3.63) is 0 Å².